The Kier molecular flexibility index (Phi) is 4.37. The molecule has 0 spiro atoms. The maximum absolute atomic E-state index is 13.2. The van der Waals surface area contributed by atoms with E-state index in [2.05, 4.69) is 20.5 Å². The largest absolute Gasteiger partial charge is 0.330 e. The van der Waals surface area contributed by atoms with Crippen molar-refractivity contribution in [3.63, 3.8) is 0 Å². The first-order valence-electron chi connectivity index (χ1n) is 8.70. The van der Waals surface area contributed by atoms with Crippen LogP contribution in [0.4, 0.5) is 0 Å². The van der Waals surface area contributed by atoms with Gasteiger partial charge in [-0.3, -0.25) is 9.78 Å². The van der Waals surface area contributed by atoms with Crippen LogP contribution in [0.25, 0.3) is 5.65 Å². The van der Waals surface area contributed by atoms with Crippen LogP contribution in [0.3, 0.4) is 0 Å². The van der Waals surface area contributed by atoms with E-state index in [1.807, 2.05) is 23.1 Å². The Balaban J connectivity index is 1.64. The van der Waals surface area contributed by atoms with Crippen molar-refractivity contribution in [3.8, 4) is 0 Å². The first-order chi connectivity index (χ1) is 12.3. The van der Waals surface area contributed by atoms with Gasteiger partial charge in [0.25, 0.3) is 5.91 Å². The summed E-state index contributed by atoms with van der Waals surface area (Å²) in [5.41, 5.74) is 2.10. The number of carbonyl (C=O) groups is 1. The molecular formula is C18H20N6O. The van der Waals surface area contributed by atoms with E-state index >= 15 is 0 Å². The Bertz CT molecular complexity index is 856. The molecule has 7 nitrogen and oxygen atoms in total. The summed E-state index contributed by atoms with van der Waals surface area (Å²) >= 11 is 0. The number of nitrogens with zero attached hydrogens (tertiary/aromatic N) is 6. The number of carbonyl (C=O) groups excluding carboxylic acids is 1. The van der Waals surface area contributed by atoms with Crippen molar-refractivity contribution in [2.24, 2.45) is 0 Å². The number of tetrazole rings is 1. The van der Waals surface area contributed by atoms with Crippen LogP contribution in [-0.2, 0) is 6.54 Å². The second-order valence-electron chi connectivity index (χ2n) is 6.44. The van der Waals surface area contributed by atoms with Gasteiger partial charge >= 0.3 is 0 Å². The molecule has 25 heavy (non-hydrogen) atoms. The van der Waals surface area contributed by atoms with Gasteiger partial charge in [0.1, 0.15) is 0 Å². The molecule has 1 saturated carbocycles. The Hall–Kier alpha value is -2.83. The summed E-state index contributed by atoms with van der Waals surface area (Å²) in [5.74, 6) is 0.0167. The van der Waals surface area contributed by atoms with Gasteiger partial charge in [0.05, 0.1) is 12.2 Å². The number of amides is 1. The predicted molar refractivity (Wildman–Crippen MR) is 91.8 cm³/mol. The number of fused-ring (bicyclic) bond motifs is 1. The summed E-state index contributed by atoms with van der Waals surface area (Å²) in [4.78, 5) is 19.6. The zero-order valence-corrected chi connectivity index (χ0v) is 14.0. The molecule has 0 unspecified atom stereocenters. The summed E-state index contributed by atoms with van der Waals surface area (Å²) < 4.78 is 1.56. The summed E-state index contributed by atoms with van der Waals surface area (Å²) in [7, 11) is 0. The highest BCUT2D eigenvalue weighted by atomic mass is 16.2. The number of aromatic nitrogens is 5. The van der Waals surface area contributed by atoms with Crippen molar-refractivity contribution < 1.29 is 4.79 Å². The summed E-state index contributed by atoms with van der Waals surface area (Å²) in [6.45, 7) is 0.528. The van der Waals surface area contributed by atoms with Crippen LogP contribution in [0.15, 0.2) is 42.7 Å². The van der Waals surface area contributed by atoms with E-state index in [-0.39, 0.29) is 11.9 Å². The maximum Gasteiger partial charge on any atom is 0.254 e. The topological polar surface area (TPSA) is 76.3 Å². The Morgan fingerprint density at radius 3 is 2.88 bits per heavy atom. The lowest BCUT2D eigenvalue weighted by Crippen LogP contribution is -2.41. The molecule has 1 aliphatic rings. The highest BCUT2D eigenvalue weighted by molar-refractivity contribution is 5.95. The molecule has 0 aromatic carbocycles. The van der Waals surface area contributed by atoms with E-state index in [0.29, 0.717) is 17.8 Å². The molecule has 0 atom stereocenters. The molecule has 1 amide bonds. The third kappa shape index (κ3) is 3.35. The normalized spacial score (nSPS) is 15.4. The summed E-state index contributed by atoms with van der Waals surface area (Å²) in [5, 5.41) is 11.4. The fraction of sp³-hybridized carbons (Fsp3) is 0.389. The molecular weight excluding hydrogens is 316 g/mol. The molecule has 3 aromatic rings. The third-order valence-corrected chi connectivity index (χ3v) is 4.78. The van der Waals surface area contributed by atoms with E-state index in [1.54, 1.807) is 29.0 Å². The smallest absolute Gasteiger partial charge is 0.254 e. The second kappa shape index (κ2) is 6.96. The standard InChI is InChI=1S/C18H20N6O/c25-18(14-9-11-24-17(12-14)20-21-22-24)23(16-7-2-1-3-8-16)13-15-6-4-5-10-19-15/h4-6,9-12,16H,1-3,7-8,13H2. The van der Waals surface area contributed by atoms with Crippen LogP contribution in [0.1, 0.15) is 48.2 Å². The monoisotopic (exact) mass is 336 g/mol. The van der Waals surface area contributed by atoms with Crippen molar-refractivity contribution >= 4 is 11.6 Å². The van der Waals surface area contributed by atoms with Crippen molar-refractivity contribution in [1.29, 1.82) is 0 Å². The number of pyridine rings is 2. The van der Waals surface area contributed by atoms with Crippen molar-refractivity contribution in [2.75, 3.05) is 0 Å². The molecule has 1 aliphatic carbocycles. The average Bonchev–Trinajstić information content (AvgIpc) is 3.15. The van der Waals surface area contributed by atoms with Gasteiger partial charge < -0.3 is 4.90 Å². The van der Waals surface area contributed by atoms with Crippen LogP contribution in [0.5, 0.6) is 0 Å². The molecule has 3 heterocycles. The molecule has 0 bridgehead atoms. The van der Waals surface area contributed by atoms with E-state index < -0.39 is 0 Å². The van der Waals surface area contributed by atoms with E-state index in [1.165, 1.54) is 19.3 Å². The second-order valence-corrected chi connectivity index (χ2v) is 6.44. The fourth-order valence-electron chi connectivity index (χ4n) is 3.46. The van der Waals surface area contributed by atoms with Crippen LogP contribution < -0.4 is 0 Å². The van der Waals surface area contributed by atoms with Gasteiger partial charge in [0.15, 0.2) is 5.65 Å². The first kappa shape index (κ1) is 15.7. The van der Waals surface area contributed by atoms with Crippen LogP contribution in [0.2, 0.25) is 0 Å². The molecule has 3 aromatic heterocycles. The molecule has 0 saturated heterocycles. The van der Waals surface area contributed by atoms with Crippen molar-refractivity contribution in [1.82, 2.24) is 29.9 Å². The lowest BCUT2D eigenvalue weighted by atomic mass is 9.93. The lowest BCUT2D eigenvalue weighted by molar-refractivity contribution is 0.0611. The van der Waals surface area contributed by atoms with Gasteiger partial charge in [-0.1, -0.05) is 25.3 Å². The molecule has 0 radical (unpaired) electrons. The highest BCUT2D eigenvalue weighted by Crippen LogP contribution is 2.25. The molecule has 7 heteroatoms. The highest BCUT2D eigenvalue weighted by Gasteiger charge is 2.27. The Morgan fingerprint density at radius 1 is 1.20 bits per heavy atom. The molecule has 1 fully saturated rings. The number of hydrogen-bond donors (Lipinski definition) is 0. The molecule has 0 N–H and O–H groups in total. The Morgan fingerprint density at radius 2 is 2.08 bits per heavy atom. The minimum absolute atomic E-state index is 0.0167. The molecule has 0 aliphatic heterocycles. The molecule has 4 rings (SSSR count). The molecule has 128 valence electrons. The van der Waals surface area contributed by atoms with Gasteiger partial charge in [-0.25, -0.2) is 4.52 Å². The van der Waals surface area contributed by atoms with Gasteiger partial charge in [-0.2, -0.15) is 0 Å². The summed E-state index contributed by atoms with van der Waals surface area (Å²) in [6, 6.07) is 9.60. The van der Waals surface area contributed by atoms with Gasteiger partial charge in [0.2, 0.25) is 0 Å². The van der Waals surface area contributed by atoms with Crippen molar-refractivity contribution in [3.05, 3.63) is 54.0 Å². The van der Waals surface area contributed by atoms with E-state index in [4.69, 9.17) is 0 Å². The summed E-state index contributed by atoms with van der Waals surface area (Å²) in [6.07, 6.45) is 9.18. The van der Waals surface area contributed by atoms with Crippen LogP contribution in [0, 0.1) is 0 Å². The zero-order chi connectivity index (χ0) is 17.1. The fourth-order valence-corrected chi connectivity index (χ4v) is 3.46. The minimum atomic E-state index is 0.0167. The average molecular weight is 336 g/mol. The SMILES string of the molecule is O=C(c1ccn2nnnc2c1)N(Cc1ccccn1)C1CCCCC1. The predicted octanol–water partition coefficient (Wildman–Crippen LogP) is 2.49. The third-order valence-electron chi connectivity index (χ3n) is 4.78. The number of rotatable bonds is 4. The van der Waals surface area contributed by atoms with E-state index in [0.717, 1.165) is 18.5 Å². The van der Waals surface area contributed by atoms with Gasteiger partial charge in [-0.15, -0.1) is 5.10 Å². The van der Waals surface area contributed by atoms with Gasteiger partial charge in [0, 0.05) is 24.0 Å². The van der Waals surface area contributed by atoms with Gasteiger partial charge in [-0.05, 0) is 47.5 Å². The lowest BCUT2D eigenvalue weighted by Gasteiger charge is -2.34. The zero-order valence-electron chi connectivity index (χ0n) is 14.0. The van der Waals surface area contributed by atoms with Crippen LogP contribution in [-0.4, -0.2) is 41.9 Å². The maximum atomic E-state index is 13.2. The number of hydrogen-bond acceptors (Lipinski definition) is 5. The Labute approximate surface area is 145 Å². The quantitative estimate of drug-likeness (QED) is 0.731. The first-order valence-corrected chi connectivity index (χ1v) is 8.70. The minimum Gasteiger partial charge on any atom is -0.330 e. The van der Waals surface area contributed by atoms with Crippen LogP contribution >= 0.6 is 0 Å². The van der Waals surface area contributed by atoms with Crippen molar-refractivity contribution in [2.45, 2.75) is 44.7 Å². The van der Waals surface area contributed by atoms with E-state index in [9.17, 15) is 4.79 Å².